The van der Waals surface area contributed by atoms with E-state index in [0.717, 1.165) is 12.5 Å². The van der Waals surface area contributed by atoms with Crippen molar-refractivity contribution >= 4 is 0 Å². The van der Waals surface area contributed by atoms with Gasteiger partial charge in [0.25, 0.3) is 0 Å². The normalized spacial score (nSPS) is 13.5. The molecule has 0 aliphatic carbocycles. The molecule has 0 aromatic heterocycles. The topological polar surface area (TPSA) is 12.5 Å². The Labute approximate surface area is 89.6 Å². The fourth-order valence-electron chi connectivity index (χ4n) is 1.82. The molecule has 1 atom stereocenters. The highest BCUT2D eigenvalue weighted by Crippen LogP contribution is 2.15. The van der Waals surface area contributed by atoms with Gasteiger partial charge in [-0.15, -0.1) is 0 Å². The Morgan fingerprint density at radius 1 is 1.14 bits per heavy atom. The van der Waals surface area contributed by atoms with Crippen LogP contribution in [-0.2, 0) is 4.74 Å². The second-order valence-electron chi connectivity index (χ2n) is 4.41. The van der Waals surface area contributed by atoms with Gasteiger partial charge in [-0.2, -0.15) is 0 Å². The molecule has 0 N–H and O–H groups in total. The number of nitrogens with zero attached hydrogens (tertiary/aromatic N) is 1. The van der Waals surface area contributed by atoms with Crippen LogP contribution >= 0.6 is 0 Å². The third kappa shape index (κ3) is 8.52. The van der Waals surface area contributed by atoms with Crippen molar-refractivity contribution in [2.45, 2.75) is 39.0 Å². The molecule has 0 saturated carbocycles. The van der Waals surface area contributed by atoms with Crippen molar-refractivity contribution in [3.8, 4) is 0 Å². The molecule has 0 spiro atoms. The van der Waals surface area contributed by atoms with Crippen LogP contribution in [0.2, 0.25) is 0 Å². The summed E-state index contributed by atoms with van der Waals surface area (Å²) >= 11 is 0. The molecule has 0 radical (unpaired) electrons. The summed E-state index contributed by atoms with van der Waals surface area (Å²) in [6.45, 7) is 4.41. The minimum Gasteiger partial charge on any atom is -0.384 e. The summed E-state index contributed by atoms with van der Waals surface area (Å²) in [5, 5.41) is 0. The van der Waals surface area contributed by atoms with Gasteiger partial charge in [-0.1, -0.05) is 19.8 Å². The van der Waals surface area contributed by atoms with Gasteiger partial charge in [-0.3, -0.25) is 0 Å². The van der Waals surface area contributed by atoms with Crippen LogP contribution in [0.15, 0.2) is 0 Å². The molecule has 0 aliphatic rings. The summed E-state index contributed by atoms with van der Waals surface area (Å²) in [5.74, 6) is 0.784. The average Bonchev–Trinajstić information content (AvgIpc) is 2.12. The average molecular weight is 201 g/mol. The number of methoxy groups -OCH3 is 1. The standard InChI is InChI=1S/C12H27NO/c1-5-8-12(11-14-4)9-6-7-10-13(2)3/h12H,5-11H2,1-4H3/t12-/m1/s1. The molecule has 0 unspecified atom stereocenters. The van der Waals surface area contributed by atoms with E-state index in [1.807, 2.05) is 7.11 Å². The molecule has 2 heteroatoms. The van der Waals surface area contributed by atoms with E-state index in [4.69, 9.17) is 4.74 Å². The first-order chi connectivity index (χ1) is 6.70. The van der Waals surface area contributed by atoms with E-state index in [0.29, 0.717) is 0 Å². The number of rotatable bonds is 9. The lowest BCUT2D eigenvalue weighted by molar-refractivity contribution is 0.140. The summed E-state index contributed by atoms with van der Waals surface area (Å²) in [6.07, 6.45) is 6.58. The van der Waals surface area contributed by atoms with E-state index < -0.39 is 0 Å². The van der Waals surface area contributed by atoms with E-state index in [-0.39, 0.29) is 0 Å². The van der Waals surface area contributed by atoms with Crippen LogP contribution in [-0.4, -0.2) is 39.3 Å². The maximum atomic E-state index is 5.22. The van der Waals surface area contributed by atoms with Gasteiger partial charge in [-0.25, -0.2) is 0 Å². The van der Waals surface area contributed by atoms with Crippen LogP contribution in [0.25, 0.3) is 0 Å². The quantitative estimate of drug-likeness (QED) is 0.532. The van der Waals surface area contributed by atoms with Gasteiger partial charge < -0.3 is 9.64 Å². The molecule has 0 aromatic rings. The Bertz CT molecular complexity index is 109. The molecule has 0 aliphatic heterocycles. The van der Waals surface area contributed by atoms with Crippen LogP contribution in [0.1, 0.15) is 39.0 Å². The van der Waals surface area contributed by atoms with Crippen molar-refractivity contribution in [3.63, 3.8) is 0 Å². The van der Waals surface area contributed by atoms with E-state index >= 15 is 0 Å². The molecule has 0 fully saturated rings. The van der Waals surface area contributed by atoms with Gasteiger partial charge in [0.15, 0.2) is 0 Å². The van der Waals surface area contributed by atoms with E-state index in [2.05, 4.69) is 25.9 Å². The minimum absolute atomic E-state index is 0.784. The highest BCUT2D eigenvalue weighted by atomic mass is 16.5. The maximum Gasteiger partial charge on any atom is 0.0490 e. The Balaban J connectivity index is 3.40. The van der Waals surface area contributed by atoms with Crippen molar-refractivity contribution in [2.24, 2.45) is 5.92 Å². The van der Waals surface area contributed by atoms with Crippen LogP contribution in [0.3, 0.4) is 0 Å². The Morgan fingerprint density at radius 2 is 1.86 bits per heavy atom. The number of hydrogen-bond acceptors (Lipinski definition) is 2. The molecule has 14 heavy (non-hydrogen) atoms. The monoisotopic (exact) mass is 201 g/mol. The van der Waals surface area contributed by atoms with E-state index in [1.165, 1.54) is 38.6 Å². The van der Waals surface area contributed by atoms with Gasteiger partial charge in [0.2, 0.25) is 0 Å². The number of hydrogen-bond donors (Lipinski definition) is 0. The smallest absolute Gasteiger partial charge is 0.0490 e. The third-order valence-electron chi connectivity index (χ3n) is 2.57. The molecule has 2 nitrogen and oxygen atoms in total. The molecular weight excluding hydrogens is 174 g/mol. The second-order valence-corrected chi connectivity index (χ2v) is 4.41. The van der Waals surface area contributed by atoms with Crippen LogP contribution in [0.4, 0.5) is 0 Å². The first-order valence-corrected chi connectivity index (χ1v) is 5.84. The zero-order chi connectivity index (χ0) is 10.8. The van der Waals surface area contributed by atoms with E-state index in [1.54, 1.807) is 0 Å². The molecule has 86 valence electrons. The summed E-state index contributed by atoms with van der Waals surface area (Å²) in [6, 6.07) is 0. The molecular formula is C12H27NO. The first kappa shape index (κ1) is 13.9. The lowest BCUT2D eigenvalue weighted by Crippen LogP contribution is -2.14. The summed E-state index contributed by atoms with van der Waals surface area (Å²) in [5.41, 5.74) is 0. The van der Waals surface area contributed by atoms with Crippen molar-refractivity contribution < 1.29 is 4.74 Å². The van der Waals surface area contributed by atoms with E-state index in [9.17, 15) is 0 Å². The largest absolute Gasteiger partial charge is 0.384 e. The third-order valence-corrected chi connectivity index (χ3v) is 2.57. The fraction of sp³-hybridized carbons (Fsp3) is 1.00. The predicted molar refractivity (Wildman–Crippen MR) is 62.7 cm³/mol. The van der Waals surface area contributed by atoms with Crippen molar-refractivity contribution in [2.75, 3.05) is 34.4 Å². The summed E-state index contributed by atoms with van der Waals surface area (Å²) in [7, 11) is 6.08. The maximum absolute atomic E-state index is 5.22. The first-order valence-electron chi connectivity index (χ1n) is 5.84. The van der Waals surface area contributed by atoms with Crippen molar-refractivity contribution in [1.29, 1.82) is 0 Å². The lowest BCUT2D eigenvalue weighted by atomic mass is 9.98. The molecule has 0 heterocycles. The zero-order valence-electron chi connectivity index (χ0n) is 10.4. The number of unbranched alkanes of at least 4 members (excludes halogenated alkanes) is 1. The van der Waals surface area contributed by atoms with Gasteiger partial charge in [0.1, 0.15) is 0 Å². The van der Waals surface area contributed by atoms with Crippen LogP contribution < -0.4 is 0 Å². The number of ether oxygens (including phenoxy) is 1. The summed E-state index contributed by atoms with van der Waals surface area (Å²) < 4.78 is 5.22. The van der Waals surface area contributed by atoms with Gasteiger partial charge in [0, 0.05) is 13.7 Å². The molecule has 0 amide bonds. The van der Waals surface area contributed by atoms with Crippen LogP contribution in [0.5, 0.6) is 0 Å². The Morgan fingerprint density at radius 3 is 2.36 bits per heavy atom. The highest BCUT2D eigenvalue weighted by Gasteiger charge is 2.06. The zero-order valence-corrected chi connectivity index (χ0v) is 10.4. The molecule has 0 rings (SSSR count). The Kier molecular flexibility index (Phi) is 9.42. The minimum atomic E-state index is 0.784. The lowest BCUT2D eigenvalue weighted by Gasteiger charge is -2.15. The van der Waals surface area contributed by atoms with Gasteiger partial charge >= 0.3 is 0 Å². The van der Waals surface area contributed by atoms with Crippen LogP contribution in [0, 0.1) is 5.92 Å². The molecule has 0 saturated heterocycles. The SMILES string of the molecule is CCC[C@H](CCCCN(C)C)COC. The van der Waals surface area contributed by atoms with Gasteiger partial charge in [-0.05, 0) is 45.8 Å². The molecule has 0 aromatic carbocycles. The fourth-order valence-corrected chi connectivity index (χ4v) is 1.82. The summed E-state index contributed by atoms with van der Waals surface area (Å²) in [4.78, 5) is 2.26. The Hall–Kier alpha value is -0.0800. The molecule has 0 bridgehead atoms. The van der Waals surface area contributed by atoms with Gasteiger partial charge in [0.05, 0.1) is 0 Å². The second kappa shape index (κ2) is 9.47. The highest BCUT2D eigenvalue weighted by molar-refractivity contribution is 4.58. The van der Waals surface area contributed by atoms with Crippen molar-refractivity contribution in [1.82, 2.24) is 4.90 Å². The predicted octanol–water partition coefficient (Wildman–Crippen LogP) is 2.78. The van der Waals surface area contributed by atoms with Crippen molar-refractivity contribution in [3.05, 3.63) is 0 Å².